The predicted octanol–water partition coefficient (Wildman–Crippen LogP) is 1.27. The van der Waals surface area contributed by atoms with Crippen LogP contribution in [0.25, 0.3) is 10.9 Å². The number of hydrogen-bond acceptors (Lipinski definition) is 4. The molecular weight excluding hydrogens is 393 g/mol. The van der Waals surface area contributed by atoms with Crippen molar-refractivity contribution in [1.82, 2.24) is 14.5 Å². The van der Waals surface area contributed by atoms with Gasteiger partial charge in [-0.05, 0) is 31.0 Å². The van der Waals surface area contributed by atoms with Crippen molar-refractivity contribution in [3.05, 3.63) is 61.9 Å². The summed E-state index contributed by atoms with van der Waals surface area (Å²) in [5.74, 6) is -2.48. The van der Waals surface area contributed by atoms with Crippen LogP contribution < -0.4 is 16.6 Å². The first-order valence-electron chi connectivity index (χ1n) is 8.59. The largest absolute Gasteiger partial charge is 0.431 e. The molecule has 1 aliphatic heterocycles. The molecule has 1 atom stereocenters. The van der Waals surface area contributed by atoms with Gasteiger partial charge in [-0.25, -0.2) is 4.79 Å². The number of aromatic nitrogens is 3. The number of carbonyl (C=O) groups is 1. The summed E-state index contributed by atoms with van der Waals surface area (Å²) < 4.78 is 40.9. The fourth-order valence-corrected chi connectivity index (χ4v) is 3.56. The van der Waals surface area contributed by atoms with Gasteiger partial charge in [0.2, 0.25) is 0 Å². The van der Waals surface area contributed by atoms with Gasteiger partial charge < -0.3 is 15.4 Å². The lowest BCUT2D eigenvalue weighted by atomic mass is 9.97. The quantitative estimate of drug-likeness (QED) is 0.522. The number of aryl methyl sites for hydroxylation is 2. The smallest absolute Gasteiger partial charge is 0.368 e. The van der Waals surface area contributed by atoms with Crippen LogP contribution in [-0.2, 0) is 23.4 Å². The van der Waals surface area contributed by atoms with Crippen molar-refractivity contribution in [2.24, 2.45) is 0 Å². The second kappa shape index (κ2) is 6.08. The van der Waals surface area contributed by atoms with E-state index in [1.54, 1.807) is 11.2 Å². The number of H-pyrrole nitrogens is 2. The lowest BCUT2D eigenvalue weighted by Gasteiger charge is -2.22. The molecule has 0 saturated heterocycles. The van der Waals surface area contributed by atoms with Crippen molar-refractivity contribution in [3.63, 3.8) is 0 Å². The molecule has 3 heterocycles. The minimum absolute atomic E-state index is 0.132. The summed E-state index contributed by atoms with van der Waals surface area (Å²) in [6.07, 6.45) is -3.50. The van der Waals surface area contributed by atoms with Crippen LogP contribution in [0.4, 0.5) is 19.0 Å². The molecule has 29 heavy (non-hydrogen) atoms. The zero-order chi connectivity index (χ0) is 21.1. The molecule has 0 aliphatic carbocycles. The van der Waals surface area contributed by atoms with Gasteiger partial charge in [0.15, 0.2) is 0 Å². The summed E-state index contributed by atoms with van der Waals surface area (Å²) >= 11 is 0. The number of anilines is 1. The standard InChI is InChI=1S/C18H15F3N4O4/c1-8-2-3-11-10(6-8)9(7-22-11)4-5-25-13-12(14(26)24-16(25)28)17(29,15(27)23-13)18(19,20)21/h2-3,6-7,22,29H,4-5H2,1H3,(H,23,27)(H,24,26,28). The highest BCUT2D eigenvalue weighted by molar-refractivity contribution is 6.04. The lowest BCUT2D eigenvalue weighted by molar-refractivity contribution is -0.252. The summed E-state index contributed by atoms with van der Waals surface area (Å²) in [6.45, 7) is 1.77. The first-order chi connectivity index (χ1) is 13.5. The fraction of sp³-hybridized carbons (Fsp3) is 0.278. The van der Waals surface area contributed by atoms with E-state index in [1.165, 1.54) is 0 Å². The van der Waals surface area contributed by atoms with Gasteiger partial charge in [-0.1, -0.05) is 11.6 Å². The van der Waals surface area contributed by atoms with E-state index in [4.69, 9.17) is 0 Å². The van der Waals surface area contributed by atoms with Gasteiger partial charge in [0, 0.05) is 23.6 Å². The van der Waals surface area contributed by atoms with Gasteiger partial charge in [-0.2, -0.15) is 13.2 Å². The summed E-state index contributed by atoms with van der Waals surface area (Å²) in [4.78, 5) is 41.0. The van der Waals surface area contributed by atoms with E-state index in [-0.39, 0.29) is 13.0 Å². The highest BCUT2D eigenvalue weighted by atomic mass is 19.4. The Kier molecular flexibility index (Phi) is 3.98. The molecule has 0 spiro atoms. The molecule has 1 aliphatic rings. The first kappa shape index (κ1) is 19.0. The van der Waals surface area contributed by atoms with E-state index >= 15 is 0 Å². The number of nitrogens with one attached hydrogen (secondary N) is 3. The van der Waals surface area contributed by atoms with Crippen LogP contribution in [0.2, 0.25) is 0 Å². The average molecular weight is 408 g/mol. The van der Waals surface area contributed by atoms with Crippen molar-refractivity contribution < 1.29 is 23.1 Å². The van der Waals surface area contributed by atoms with Crippen LogP contribution in [0, 0.1) is 6.92 Å². The number of amides is 1. The number of benzene rings is 1. The van der Waals surface area contributed by atoms with Crippen LogP contribution in [0.3, 0.4) is 0 Å². The summed E-state index contributed by atoms with van der Waals surface area (Å²) in [6, 6.07) is 5.71. The molecule has 11 heteroatoms. The molecule has 0 radical (unpaired) electrons. The van der Waals surface area contributed by atoms with Crippen molar-refractivity contribution >= 4 is 22.6 Å². The van der Waals surface area contributed by atoms with E-state index in [0.717, 1.165) is 26.6 Å². The SMILES string of the molecule is Cc1ccc2[nH]cc(CCn3c4c(c(=O)[nH]c3=O)C(O)(C(F)(F)F)C(=O)N4)c2c1. The lowest BCUT2D eigenvalue weighted by Crippen LogP contribution is -2.50. The highest BCUT2D eigenvalue weighted by Crippen LogP contribution is 2.44. The highest BCUT2D eigenvalue weighted by Gasteiger charge is 2.66. The van der Waals surface area contributed by atoms with Crippen LogP contribution >= 0.6 is 0 Å². The average Bonchev–Trinajstić information content (AvgIpc) is 3.14. The van der Waals surface area contributed by atoms with Gasteiger partial charge in [0.05, 0.1) is 0 Å². The van der Waals surface area contributed by atoms with Gasteiger partial charge in [-0.3, -0.25) is 19.1 Å². The van der Waals surface area contributed by atoms with Gasteiger partial charge in [-0.15, -0.1) is 0 Å². The number of fused-ring (bicyclic) bond motifs is 2. The number of rotatable bonds is 3. The minimum Gasteiger partial charge on any atom is -0.368 e. The van der Waals surface area contributed by atoms with Crippen LogP contribution in [-0.4, -0.2) is 31.7 Å². The first-order valence-corrected chi connectivity index (χ1v) is 8.59. The molecule has 0 saturated carbocycles. The number of nitrogens with zero attached hydrogens (tertiary/aromatic N) is 1. The maximum absolute atomic E-state index is 13.4. The van der Waals surface area contributed by atoms with Crippen molar-refractivity contribution in [1.29, 1.82) is 0 Å². The molecule has 1 amide bonds. The monoisotopic (exact) mass is 408 g/mol. The van der Waals surface area contributed by atoms with E-state index in [1.807, 2.05) is 30.4 Å². The Morgan fingerprint density at radius 1 is 1.21 bits per heavy atom. The molecule has 4 rings (SSSR count). The molecule has 8 nitrogen and oxygen atoms in total. The van der Waals surface area contributed by atoms with Crippen molar-refractivity contribution in [3.8, 4) is 0 Å². The molecule has 0 fully saturated rings. The molecule has 4 N–H and O–H groups in total. The minimum atomic E-state index is -5.44. The van der Waals surface area contributed by atoms with Crippen molar-refractivity contribution in [2.75, 3.05) is 5.32 Å². The second-order valence-corrected chi connectivity index (χ2v) is 6.91. The van der Waals surface area contributed by atoms with E-state index in [2.05, 4.69) is 4.98 Å². The van der Waals surface area contributed by atoms with E-state index < -0.39 is 40.3 Å². The summed E-state index contributed by atoms with van der Waals surface area (Å²) in [7, 11) is 0. The van der Waals surface area contributed by atoms with Crippen LogP contribution in [0.5, 0.6) is 0 Å². The third-order valence-electron chi connectivity index (χ3n) is 5.06. The van der Waals surface area contributed by atoms with Gasteiger partial charge >= 0.3 is 11.9 Å². The molecular formula is C18H15F3N4O4. The Balaban J connectivity index is 1.79. The van der Waals surface area contributed by atoms with Crippen LogP contribution in [0.15, 0.2) is 34.0 Å². The maximum atomic E-state index is 13.4. The van der Waals surface area contributed by atoms with E-state index in [0.29, 0.717) is 0 Å². The third kappa shape index (κ3) is 2.69. The molecule has 0 bridgehead atoms. The number of aromatic amines is 2. The Bertz CT molecular complexity index is 1270. The number of aliphatic hydroxyl groups is 1. The Morgan fingerprint density at radius 2 is 1.93 bits per heavy atom. The molecule has 1 aromatic carbocycles. The summed E-state index contributed by atoms with van der Waals surface area (Å²) in [5, 5.41) is 12.7. The van der Waals surface area contributed by atoms with E-state index in [9.17, 15) is 32.7 Å². The number of hydrogen-bond donors (Lipinski definition) is 4. The molecule has 3 aromatic rings. The Hall–Kier alpha value is -3.34. The zero-order valence-electron chi connectivity index (χ0n) is 15.0. The molecule has 1 unspecified atom stereocenters. The van der Waals surface area contributed by atoms with Crippen LogP contribution in [0.1, 0.15) is 16.7 Å². The normalized spacial score (nSPS) is 18.9. The topological polar surface area (TPSA) is 120 Å². The zero-order valence-corrected chi connectivity index (χ0v) is 15.0. The summed E-state index contributed by atoms with van der Waals surface area (Å²) in [5.41, 5.74) is -5.06. The predicted molar refractivity (Wildman–Crippen MR) is 96.6 cm³/mol. The third-order valence-corrected chi connectivity index (χ3v) is 5.06. The Labute approximate surface area is 160 Å². The second-order valence-electron chi connectivity index (χ2n) is 6.91. The number of alkyl halides is 3. The van der Waals surface area contributed by atoms with Gasteiger partial charge in [0.1, 0.15) is 11.4 Å². The number of halogens is 3. The van der Waals surface area contributed by atoms with Crippen molar-refractivity contribution in [2.45, 2.75) is 31.7 Å². The van der Waals surface area contributed by atoms with Gasteiger partial charge in [0.25, 0.3) is 17.1 Å². The Morgan fingerprint density at radius 3 is 2.62 bits per heavy atom. The molecule has 2 aromatic heterocycles. The fourth-order valence-electron chi connectivity index (χ4n) is 3.56. The maximum Gasteiger partial charge on any atom is 0.431 e. The molecule has 152 valence electrons. The number of carbonyl (C=O) groups excluding carboxylic acids is 1.